The zero-order valence-corrected chi connectivity index (χ0v) is 20.9. The number of halogens is 1. The number of amides is 1. The molecule has 34 heavy (non-hydrogen) atoms. The first kappa shape index (κ1) is 24.4. The summed E-state index contributed by atoms with van der Waals surface area (Å²) in [6.45, 7) is 6.32. The quantitative estimate of drug-likeness (QED) is 0.267. The van der Waals surface area contributed by atoms with Crippen molar-refractivity contribution in [2.75, 3.05) is 56.2 Å². The molecule has 0 atom stereocenters. The largest absolute Gasteiger partial charge is 0.455 e. The van der Waals surface area contributed by atoms with Crippen molar-refractivity contribution in [2.45, 2.75) is 17.8 Å². The predicted octanol–water partition coefficient (Wildman–Crippen LogP) is 4.03. The molecule has 0 saturated carbocycles. The normalized spacial score (nSPS) is 13.9. The van der Waals surface area contributed by atoms with Crippen molar-refractivity contribution in [3.05, 3.63) is 64.7 Å². The molecule has 4 rings (SSSR count). The van der Waals surface area contributed by atoms with Gasteiger partial charge in [0.05, 0.1) is 23.1 Å². The first-order chi connectivity index (χ1) is 16.5. The van der Waals surface area contributed by atoms with Crippen molar-refractivity contribution >= 4 is 40.8 Å². The van der Waals surface area contributed by atoms with E-state index >= 15 is 0 Å². The predicted molar refractivity (Wildman–Crippen MR) is 135 cm³/mol. The van der Waals surface area contributed by atoms with Crippen molar-refractivity contribution in [3.8, 4) is 0 Å². The Morgan fingerprint density at radius 2 is 1.91 bits per heavy atom. The number of rotatable bonds is 9. The minimum Gasteiger partial charge on any atom is -0.455 e. The summed E-state index contributed by atoms with van der Waals surface area (Å²) in [5.74, 6) is 2.19. The first-order valence-corrected chi connectivity index (χ1v) is 12.5. The van der Waals surface area contributed by atoms with E-state index in [1.54, 1.807) is 13.2 Å². The molecule has 3 heterocycles. The van der Waals surface area contributed by atoms with E-state index < -0.39 is 0 Å². The highest BCUT2D eigenvalue weighted by Crippen LogP contribution is 2.28. The fourth-order valence-corrected chi connectivity index (χ4v) is 4.75. The van der Waals surface area contributed by atoms with Gasteiger partial charge in [0.2, 0.25) is 0 Å². The molecule has 1 amide bonds. The van der Waals surface area contributed by atoms with Crippen LogP contribution < -0.4 is 15.1 Å². The van der Waals surface area contributed by atoms with E-state index in [0.29, 0.717) is 29.8 Å². The van der Waals surface area contributed by atoms with Crippen molar-refractivity contribution < 1.29 is 13.9 Å². The van der Waals surface area contributed by atoms with E-state index in [-0.39, 0.29) is 11.7 Å². The van der Waals surface area contributed by atoms with Crippen LogP contribution in [-0.4, -0.2) is 62.3 Å². The van der Waals surface area contributed by atoms with E-state index in [1.165, 1.54) is 11.8 Å². The van der Waals surface area contributed by atoms with Gasteiger partial charge in [-0.05, 0) is 31.2 Å². The summed E-state index contributed by atoms with van der Waals surface area (Å²) in [7, 11) is 1.59. The van der Waals surface area contributed by atoms with Crippen molar-refractivity contribution in [1.29, 1.82) is 0 Å². The minimum absolute atomic E-state index is 0.252. The van der Waals surface area contributed by atoms with Gasteiger partial charge in [0.1, 0.15) is 11.6 Å². The standard InChI is InChI=1S/C24H28ClN5O3S/c1-17-15-22(30-12-10-29(11-13-30)20-6-4-3-5-19(20)25)28-24(27-17)34-16-18-7-8-21(33-18)23(31)26-9-14-32-2/h3-8,15H,9-14,16H2,1-2H3,(H,26,31). The molecule has 1 aromatic carbocycles. The van der Waals surface area contributed by atoms with Crippen molar-refractivity contribution in [1.82, 2.24) is 15.3 Å². The van der Waals surface area contributed by atoms with Gasteiger partial charge >= 0.3 is 0 Å². The molecule has 0 aliphatic carbocycles. The van der Waals surface area contributed by atoms with Gasteiger partial charge in [0, 0.05) is 51.6 Å². The molecule has 1 N–H and O–H groups in total. The van der Waals surface area contributed by atoms with Gasteiger partial charge in [0.25, 0.3) is 5.91 Å². The number of aromatic nitrogens is 2. The number of anilines is 2. The molecule has 1 fully saturated rings. The second kappa shape index (κ2) is 11.6. The second-order valence-corrected chi connectivity index (χ2v) is 9.23. The molecule has 1 aliphatic rings. The number of benzene rings is 1. The number of carbonyl (C=O) groups is 1. The maximum atomic E-state index is 12.1. The fraction of sp³-hybridized carbons (Fsp3) is 0.375. The van der Waals surface area contributed by atoms with Gasteiger partial charge < -0.3 is 24.3 Å². The monoisotopic (exact) mass is 501 g/mol. The lowest BCUT2D eigenvalue weighted by atomic mass is 10.2. The molecule has 10 heteroatoms. The number of carbonyl (C=O) groups excluding carboxylic acids is 1. The van der Waals surface area contributed by atoms with Crippen LogP contribution in [0.25, 0.3) is 0 Å². The van der Waals surface area contributed by atoms with Crippen LogP contribution in [0.2, 0.25) is 5.02 Å². The zero-order valence-electron chi connectivity index (χ0n) is 19.3. The number of piperazine rings is 1. The molecule has 0 unspecified atom stereocenters. The number of hydrogen-bond donors (Lipinski definition) is 1. The van der Waals surface area contributed by atoms with Crippen LogP contribution in [0, 0.1) is 6.92 Å². The molecule has 3 aromatic rings. The van der Waals surface area contributed by atoms with Gasteiger partial charge in [0.15, 0.2) is 10.9 Å². The average Bonchev–Trinajstić information content (AvgIpc) is 3.32. The Labute approximate surface area is 208 Å². The Morgan fingerprint density at radius 3 is 2.68 bits per heavy atom. The summed E-state index contributed by atoms with van der Waals surface area (Å²) in [5.41, 5.74) is 1.99. The topological polar surface area (TPSA) is 83.7 Å². The summed E-state index contributed by atoms with van der Waals surface area (Å²) in [6.07, 6.45) is 0. The van der Waals surface area contributed by atoms with E-state index in [9.17, 15) is 4.79 Å². The second-order valence-electron chi connectivity index (χ2n) is 7.88. The smallest absolute Gasteiger partial charge is 0.287 e. The maximum Gasteiger partial charge on any atom is 0.287 e. The van der Waals surface area contributed by atoms with E-state index in [1.807, 2.05) is 37.3 Å². The maximum absolute atomic E-state index is 12.1. The lowest BCUT2D eigenvalue weighted by Gasteiger charge is -2.37. The lowest BCUT2D eigenvalue weighted by Crippen LogP contribution is -2.47. The summed E-state index contributed by atoms with van der Waals surface area (Å²) < 4.78 is 10.6. The van der Waals surface area contributed by atoms with E-state index in [0.717, 1.165) is 48.4 Å². The average molecular weight is 502 g/mol. The molecule has 2 aromatic heterocycles. The van der Waals surface area contributed by atoms with Crippen LogP contribution in [0.4, 0.5) is 11.5 Å². The van der Waals surface area contributed by atoms with Crippen LogP contribution in [-0.2, 0) is 10.5 Å². The molecule has 0 spiro atoms. The zero-order chi connectivity index (χ0) is 23.9. The number of nitrogens with one attached hydrogen (secondary N) is 1. The molecule has 0 bridgehead atoms. The van der Waals surface area contributed by atoms with E-state index in [4.69, 9.17) is 25.7 Å². The Hall–Kier alpha value is -2.75. The number of aryl methyl sites for hydroxylation is 1. The number of hydrogen-bond acceptors (Lipinski definition) is 8. The van der Waals surface area contributed by atoms with Crippen LogP contribution in [0.1, 0.15) is 22.0 Å². The number of methoxy groups -OCH3 is 1. The van der Waals surface area contributed by atoms with Gasteiger partial charge in [-0.25, -0.2) is 9.97 Å². The lowest BCUT2D eigenvalue weighted by molar-refractivity contribution is 0.0908. The van der Waals surface area contributed by atoms with Gasteiger partial charge in [-0.2, -0.15) is 0 Å². The van der Waals surface area contributed by atoms with Crippen LogP contribution in [0.15, 0.2) is 52.0 Å². The number of furan rings is 1. The third kappa shape index (κ3) is 6.22. The summed E-state index contributed by atoms with van der Waals surface area (Å²) >= 11 is 7.86. The minimum atomic E-state index is -0.252. The number of thioether (sulfide) groups is 1. The highest BCUT2D eigenvalue weighted by atomic mass is 35.5. The highest BCUT2D eigenvalue weighted by Gasteiger charge is 2.21. The third-order valence-corrected chi connectivity index (χ3v) is 6.63. The number of nitrogens with zero attached hydrogens (tertiary/aromatic N) is 4. The van der Waals surface area contributed by atoms with Gasteiger partial charge in [-0.3, -0.25) is 4.79 Å². The van der Waals surface area contributed by atoms with Crippen LogP contribution in [0.5, 0.6) is 0 Å². The molecular formula is C24H28ClN5O3S. The molecule has 1 saturated heterocycles. The van der Waals surface area contributed by atoms with Gasteiger partial charge in [-0.1, -0.05) is 35.5 Å². The molecule has 180 valence electrons. The first-order valence-electron chi connectivity index (χ1n) is 11.1. The SMILES string of the molecule is COCCNC(=O)c1ccc(CSc2nc(C)cc(N3CCN(c4ccccc4Cl)CC3)n2)o1. The molecular weight excluding hydrogens is 474 g/mol. The number of para-hydroxylation sites is 1. The van der Waals surface area contributed by atoms with Crippen molar-refractivity contribution in [2.24, 2.45) is 0 Å². The van der Waals surface area contributed by atoms with Crippen LogP contribution >= 0.6 is 23.4 Å². The summed E-state index contributed by atoms with van der Waals surface area (Å²) in [5, 5.41) is 4.21. The molecule has 0 radical (unpaired) electrons. The summed E-state index contributed by atoms with van der Waals surface area (Å²) in [4.78, 5) is 26.0. The third-order valence-electron chi connectivity index (χ3n) is 5.44. The molecule has 1 aliphatic heterocycles. The Bertz CT molecular complexity index is 1120. The van der Waals surface area contributed by atoms with Gasteiger partial charge in [-0.15, -0.1) is 0 Å². The van der Waals surface area contributed by atoms with Crippen molar-refractivity contribution in [3.63, 3.8) is 0 Å². The summed E-state index contributed by atoms with van der Waals surface area (Å²) in [6, 6.07) is 13.5. The Balaban J connectivity index is 1.34. The fourth-order valence-electron chi connectivity index (χ4n) is 3.70. The Kier molecular flexibility index (Phi) is 8.31. The Morgan fingerprint density at radius 1 is 1.15 bits per heavy atom. The molecule has 8 nitrogen and oxygen atoms in total. The number of ether oxygens (including phenoxy) is 1. The van der Waals surface area contributed by atoms with Crippen LogP contribution in [0.3, 0.4) is 0 Å². The highest BCUT2D eigenvalue weighted by molar-refractivity contribution is 7.98. The van der Waals surface area contributed by atoms with E-state index in [2.05, 4.69) is 26.2 Å².